The summed E-state index contributed by atoms with van der Waals surface area (Å²) in [5, 5.41) is 2.37. The molecule has 1 unspecified atom stereocenters. The number of rotatable bonds is 4. The lowest BCUT2D eigenvalue weighted by molar-refractivity contribution is -0.130. The van der Waals surface area contributed by atoms with E-state index in [1.807, 2.05) is 13.8 Å². The maximum atomic E-state index is 14.1. The van der Waals surface area contributed by atoms with E-state index in [0.29, 0.717) is 5.56 Å². The number of Topliss-reactive ketones (excluding diaryl/α,β-unsaturated/α-hetero) is 1. The molecule has 1 atom stereocenters. The van der Waals surface area contributed by atoms with Gasteiger partial charge in [0.15, 0.2) is 5.78 Å². The van der Waals surface area contributed by atoms with Crippen LogP contribution in [0.15, 0.2) is 36.4 Å². The van der Waals surface area contributed by atoms with Gasteiger partial charge in [0, 0.05) is 11.1 Å². The third-order valence-electron chi connectivity index (χ3n) is 4.87. The highest BCUT2D eigenvalue weighted by atomic mass is 19.1. The Labute approximate surface area is 155 Å². The highest BCUT2D eigenvalue weighted by Gasteiger charge is 2.50. The molecule has 3 rings (SSSR count). The van der Waals surface area contributed by atoms with Gasteiger partial charge in [-0.25, -0.2) is 13.6 Å². The minimum absolute atomic E-state index is 0.290. The van der Waals surface area contributed by atoms with Crippen LogP contribution in [-0.2, 0) is 10.3 Å². The summed E-state index contributed by atoms with van der Waals surface area (Å²) in [4.78, 5) is 38.3. The molecule has 0 spiro atoms. The zero-order valence-corrected chi connectivity index (χ0v) is 15.1. The number of aryl methyl sites for hydroxylation is 2. The highest BCUT2D eigenvalue weighted by Crippen LogP contribution is 2.31. The molecule has 27 heavy (non-hydrogen) atoms. The first kappa shape index (κ1) is 18.7. The number of hydrogen-bond donors (Lipinski definition) is 1. The highest BCUT2D eigenvalue weighted by molar-refractivity contribution is 6.11. The molecule has 1 N–H and O–H groups in total. The number of amides is 3. The van der Waals surface area contributed by atoms with Crippen molar-refractivity contribution in [1.29, 1.82) is 0 Å². The van der Waals surface area contributed by atoms with E-state index in [-0.39, 0.29) is 5.56 Å². The number of nitrogens with zero attached hydrogens (tertiary/aromatic N) is 1. The predicted octanol–water partition coefficient (Wildman–Crippen LogP) is 3.23. The Morgan fingerprint density at radius 2 is 1.78 bits per heavy atom. The number of carbonyl (C=O) groups is 3. The van der Waals surface area contributed by atoms with Gasteiger partial charge in [-0.05, 0) is 56.2 Å². The summed E-state index contributed by atoms with van der Waals surface area (Å²) in [5.41, 5.74) is 0.207. The van der Waals surface area contributed by atoms with Gasteiger partial charge in [0.1, 0.15) is 17.2 Å². The molecule has 1 heterocycles. The van der Waals surface area contributed by atoms with Gasteiger partial charge in [-0.2, -0.15) is 0 Å². The molecule has 0 saturated carbocycles. The fourth-order valence-electron chi connectivity index (χ4n) is 3.05. The van der Waals surface area contributed by atoms with Crippen molar-refractivity contribution in [1.82, 2.24) is 10.2 Å². The fraction of sp³-hybridized carbons (Fsp3) is 0.250. The number of ketones is 1. The van der Waals surface area contributed by atoms with E-state index in [4.69, 9.17) is 0 Å². The van der Waals surface area contributed by atoms with Crippen LogP contribution in [0.3, 0.4) is 0 Å². The lowest BCUT2D eigenvalue weighted by atomic mass is 9.91. The fourth-order valence-corrected chi connectivity index (χ4v) is 3.05. The summed E-state index contributed by atoms with van der Waals surface area (Å²) in [7, 11) is 0. The molecule has 0 aliphatic carbocycles. The second-order valence-electron chi connectivity index (χ2n) is 6.79. The van der Waals surface area contributed by atoms with Crippen LogP contribution in [0.1, 0.15) is 34.0 Å². The van der Waals surface area contributed by atoms with E-state index in [9.17, 15) is 23.2 Å². The molecule has 2 aromatic rings. The topological polar surface area (TPSA) is 66.5 Å². The lowest BCUT2D eigenvalue weighted by Gasteiger charge is -2.22. The summed E-state index contributed by atoms with van der Waals surface area (Å²) in [5.74, 6) is -2.80. The van der Waals surface area contributed by atoms with Crippen LogP contribution in [0.4, 0.5) is 13.6 Å². The number of benzene rings is 2. The quantitative estimate of drug-likeness (QED) is 0.662. The number of imide groups is 1. The third kappa shape index (κ3) is 3.20. The molecule has 3 amide bonds. The van der Waals surface area contributed by atoms with Gasteiger partial charge in [-0.15, -0.1) is 0 Å². The van der Waals surface area contributed by atoms with Crippen LogP contribution in [0.2, 0.25) is 0 Å². The largest absolute Gasteiger partial charge is 0.325 e. The van der Waals surface area contributed by atoms with Gasteiger partial charge in [0.25, 0.3) is 5.91 Å². The van der Waals surface area contributed by atoms with Crippen LogP contribution in [0.5, 0.6) is 0 Å². The number of carbonyl (C=O) groups excluding carboxylic acids is 3. The molecular weight excluding hydrogens is 354 g/mol. The van der Waals surface area contributed by atoms with Crippen molar-refractivity contribution in [2.24, 2.45) is 0 Å². The Bertz CT molecular complexity index is 974. The molecule has 1 saturated heterocycles. The van der Waals surface area contributed by atoms with Crippen molar-refractivity contribution in [3.05, 3.63) is 70.3 Å². The summed E-state index contributed by atoms with van der Waals surface area (Å²) in [6.45, 7) is 4.55. The van der Waals surface area contributed by atoms with Gasteiger partial charge < -0.3 is 5.32 Å². The maximum Gasteiger partial charge on any atom is 0.325 e. The molecule has 5 nitrogen and oxygen atoms in total. The third-order valence-corrected chi connectivity index (χ3v) is 4.87. The van der Waals surface area contributed by atoms with Crippen molar-refractivity contribution in [2.75, 3.05) is 6.54 Å². The Morgan fingerprint density at radius 1 is 1.07 bits per heavy atom. The first-order valence-corrected chi connectivity index (χ1v) is 8.33. The Balaban J connectivity index is 1.89. The van der Waals surface area contributed by atoms with E-state index in [1.165, 1.54) is 6.92 Å². The van der Waals surface area contributed by atoms with Gasteiger partial charge in [-0.1, -0.05) is 12.1 Å². The van der Waals surface area contributed by atoms with Crippen molar-refractivity contribution in [3.63, 3.8) is 0 Å². The minimum atomic E-state index is -1.78. The Morgan fingerprint density at radius 3 is 2.44 bits per heavy atom. The summed E-state index contributed by atoms with van der Waals surface area (Å²) < 4.78 is 27.7. The first-order chi connectivity index (χ1) is 12.6. The molecule has 7 heteroatoms. The molecule has 0 radical (unpaired) electrons. The monoisotopic (exact) mass is 372 g/mol. The van der Waals surface area contributed by atoms with Crippen molar-refractivity contribution >= 4 is 17.7 Å². The average molecular weight is 372 g/mol. The van der Waals surface area contributed by atoms with Crippen LogP contribution in [0.25, 0.3) is 0 Å². The first-order valence-electron chi connectivity index (χ1n) is 8.33. The Kier molecular flexibility index (Phi) is 4.55. The molecule has 0 aromatic heterocycles. The number of hydrogen-bond acceptors (Lipinski definition) is 3. The van der Waals surface area contributed by atoms with Crippen molar-refractivity contribution in [3.8, 4) is 0 Å². The zero-order valence-electron chi connectivity index (χ0n) is 15.1. The molecule has 1 aliphatic heterocycles. The van der Waals surface area contributed by atoms with Gasteiger partial charge in [0.05, 0.1) is 6.54 Å². The molecule has 0 bridgehead atoms. The molecule has 2 aromatic carbocycles. The normalized spacial score (nSPS) is 19.4. The number of nitrogens with one attached hydrogen (secondary N) is 1. The Hall–Kier alpha value is -3.09. The number of urea groups is 1. The molecule has 140 valence electrons. The molecule has 1 aliphatic rings. The molecular formula is C20H18F2N2O3. The van der Waals surface area contributed by atoms with Crippen LogP contribution in [0, 0.1) is 25.5 Å². The zero-order chi connectivity index (χ0) is 19.9. The van der Waals surface area contributed by atoms with Crippen LogP contribution in [-0.4, -0.2) is 29.2 Å². The van der Waals surface area contributed by atoms with Gasteiger partial charge >= 0.3 is 6.03 Å². The van der Waals surface area contributed by atoms with E-state index < -0.39 is 41.4 Å². The average Bonchev–Trinajstić information content (AvgIpc) is 2.83. The van der Waals surface area contributed by atoms with E-state index in [1.54, 1.807) is 18.2 Å². The van der Waals surface area contributed by atoms with Gasteiger partial charge in [0.2, 0.25) is 0 Å². The second-order valence-corrected chi connectivity index (χ2v) is 6.79. The minimum Gasteiger partial charge on any atom is -0.319 e. The van der Waals surface area contributed by atoms with Crippen LogP contribution >= 0.6 is 0 Å². The lowest BCUT2D eigenvalue weighted by Crippen LogP contribution is -2.42. The van der Waals surface area contributed by atoms with E-state index in [0.717, 1.165) is 34.2 Å². The summed E-state index contributed by atoms with van der Waals surface area (Å²) >= 11 is 0. The second kappa shape index (κ2) is 6.57. The maximum absolute atomic E-state index is 14.1. The standard InChI is InChI=1S/C20H18F2N2O3/c1-11-4-5-13(8-12(11)2)17(25)10-24-18(26)20(3,23-19(24)27)15-9-14(21)6-7-16(15)22/h4-9H,10H2,1-3H3,(H,23,27). The summed E-state index contributed by atoms with van der Waals surface area (Å²) in [6.07, 6.45) is 0. The smallest absolute Gasteiger partial charge is 0.319 e. The van der Waals surface area contributed by atoms with Gasteiger partial charge in [-0.3, -0.25) is 14.5 Å². The van der Waals surface area contributed by atoms with Crippen molar-refractivity contribution < 1.29 is 23.2 Å². The van der Waals surface area contributed by atoms with Crippen LogP contribution < -0.4 is 5.32 Å². The van der Waals surface area contributed by atoms with Crippen molar-refractivity contribution in [2.45, 2.75) is 26.3 Å². The number of halogens is 2. The SMILES string of the molecule is Cc1ccc(C(=O)CN2C(=O)NC(C)(c3cc(F)ccc3F)C2=O)cc1C. The van der Waals surface area contributed by atoms with E-state index >= 15 is 0 Å². The van der Waals surface area contributed by atoms with E-state index in [2.05, 4.69) is 5.32 Å². The molecule has 1 fully saturated rings. The predicted molar refractivity (Wildman–Crippen MR) is 94.2 cm³/mol. The summed E-state index contributed by atoms with van der Waals surface area (Å²) in [6, 6.07) is 6.92.